The molecule has 6 N–H and O–H groups in total. The zero-order chi connectivity index (χ0) is 50.9. The van der Waals surface area contributed by atoms with E-state index in [9.17, 15) is 48.1 Å². The zero-order valence-corrected chi connectivity index (χ0v) is 41.7. The lowest BCUT2D eigenvalue weighted by Gasteiger charge is -2.18. The standard InChI is InChI=1S/C8H9N3O4S.C5H10ClNO4S.C4H5N3.C4H10O.C3H5ClO3S.C2H5BrO.C2H4O2.CClNO3S/c12-8-11(4-5-15-8)16(13,14)6-7-9-2-1-3-10-7;1-5(2,3)11-4(8)7-12(6,9)10;5-4-6-2-1-3-7-4;1-4(2,3)5;1-3(5)2-8(4,6)7;3-1-2-4;1-2(3)4;2-7(5,6)3-1-4/h1-3H,4-6H2;1-3H3,(H,7,8);1-3H,(H2,5,6,7);5H,1-3H3;2H2,1H3;4H,1-2H2;1H3,(H,3,4);. The molecule has 0 spiro atoms. The van der Waals surface area contributed by atoms with Crippen molar-refractivity contribution in [2.24, 2.45) is 4.40 Å². The van der Waals surface area contributed by atoms with Gasteiger partial charge < -0.3 is 30.5 Å². The number of nitrogens with two attached hydrogens (primary N) is 1. The van der Waals surface area contributed by atoms with Crippen molar-refractivity contribution < 1.29 is 82.4 Å². The number of amides is 2. The first-order valence-corrected chi connectivity index (χ1v) is 25.9. The number of cyclic esters (lactones) is 1. The number of aromatic nitrogens is 4. The van der Waals surface area contributed by atoms with Crippen molar-refractivity contribution in [3.05, 3.63) is 42.7 Å². The molecular weight excluding hydrogens is 1060 g/mol. The number of nitrogens with zero attached hydrogens (tertiary/aromatic N) is 6. The van der Waals surface area contributed by atoms with Crippen molar-refractivity contribution >= 4 is 121 Å². The third-order valence-corrected chi connectivity index (χ3v) is 7.99. The summed E-state index contributed by atoms with van der Waals surface area (Å²) in [5, 5.41) is 24.5. The van der Waals surface area contributed by atoms with E-state index in [1.807, 2.05) is 0 Å². The highest BCUT2D eigenvalue weighted by Gasteiger charge is 2.34. The van der Waals surface area contributed by atoms with Gasteiger partial charge in [0, 0.05) is 69.1 Å². The molecule has 0 radical (unpaired) electrons. The number of carbonyl (C=O) groups is 4. The number of aliphatic carboxylic acids is 1. The number of carboxylic acids is 1. The lowest BCUT2D eigenvalue weighted by molar-refractivity contribution is -0.134. The van der Waals surface area contributed by atoms with E-state index in [-0.39, 0.29) is 25.6 Å². The molecule has 2 aromatic rings. The van der Waals surface area contributed by atoms with Crippen molar-refractivity contribution in [3.8, 4) is 0 Å². The van der Waals surface area contributed by atoms with Crippen LogP contribution in [0.4, 0.5) is 15.5 Å². The fourth-order valence-electron chi connectivity index (χ4n) is 2.27. The number of aliphatic hydroxyl groups is 2. The number of sulfonamides is 1. The molecule has 1 aliphatic heterocycles. The number of nitrogen functional groups attached to an aromatic ring is 1. The van der Waals surface area contributed by atoms with Gasteiger partial charge in [-0.05, 0) is 60.6 Å². The monoisotopic (exact) mass is 1110 g/mol. The molecule has 0 aliphatic carbocycles. The number of isocyanates is 1. The number of hydrogen-bond acceptors (Lipinski definition) is 22. The van der Waals surface area contributed by atoms with E-state index in [1.165, 1.54) is 24.0 Å². The highest BCUT2D eigenvalue weighted by molar-refractivity contribution is 9.09. The highest BCUT2D eigenvalue weighted by Crippen LogP contribution is 2.13. The van der Waals surface area contributed by atoms with Gasteiger partial charge in [0.2, 0.25) is 25.0 Å². The quantitative estimate of drug-likeness (QED) is 0.109. The SMILES string of the molecule is CC(=O)CS(=O)(=O)Cl.CC(=O)O.CC(C)(C)O.CC(C)(C)OC(=O)NS(=O)(=O)Cl.Nc1ncccn1.O=C1OCCN1S(=O)(=O)Cc1ncccn1.O=C=NS(=O)(=O)Cl.OCCBr. The molecule has 0 saturated carbocycles. The molecule has 0 aromatic carbocycles. The van der Waals surface area contributed by atoms with Crippen LogP contribution in [0.25, 0.3) is 0 Å². The molecule has 2 amide bonds. The summed E-state index contributed by atoms with van der Waals surface area (Å²) in [4.78, 5) is 64.7. The summed E-state index contributed by atoms with van der Waals surface area (Å²) in [6.07, 6.45) is 4.93. The number of ketones is 1. The van der Waals surface area contributed by atoms with Crippen LogP contribution in [0.3, 0.4) is 0 Å². The van der Waals surface area contributed by atoms with Crippen molar-refractivity contribution in [3.63, 3.8) is 0 Å². The summed E-state index contributed by atoms with van der Waals surface area (Å²) in [5.41, 5.74) is 3.89. The van der Waals surface area contributed by atoms with Crippen molar-refractivity contribution in [1.29, 1.82) is 0 Å². The molecular formula is C29H48BrCl3N8O18S4. The summed E-state index contributed by atoms with van der Waals surface area (Å²) in [7, 11) is -1.60. The largest absolute Gasteiger partial charge is 0.481 e. The molecule has 364 valence electrons. The Hall–Kier alpha value is -3.91. The lowest BCUT2D eigenvalue weighted by atomic mass is 10.2. The van der Waals surface area contributed by atoms with Gasteiger partial charge >= 0.3 is 30.7 Å². The van der Waals surface area contributed by atoms with E-state index in [1.54, 1.807) is 66.1 Å². The average molecular weight is 1110 g/mol. The molecule has 3 heterocycles. The van der Waals surface area contributed by atoms with Gasteiger partial charge in [0.25, 0.3) is 12.0 Å². The Balaban J connectivity index is -0.000000214. The minimum Gasteiger partial charge on any atom is -0.481 e. The Morgan fingerprint density at radius 1 is 0.937 bits per heavy atom. The maximum absolute atomic E-state index is 11.8. The van der Waals surface area contributed by atoms with Crippen LogP contribution in [-0.2, 0) is 67.2 Å². The van der Waals surface area contributed by atoms with E-state index in [0.717, 1.165) is 13.0 Å². The van der Waals surface area contributed by atoms with Crippen molar-refractivity contribution in [2.75, 3.05) is 36.6 Å². The van der Waals surface area contributed by atoms with E-state index < -0.39 is 84.2 Å². The maximum atomic E-state index is 11.8. The number of carbonyl (C=O) groups excluding carboxylic acids is 4. The second-order valence-corrected chi connectivity index (χ2v) is 22.3. The summed E-state index contributed by atoms with van der Waals surface area (Å²) >= 11 is 3.00. The number of nitrogens with one attached hydrogen (secondary N) is 1. The topological polar surface area (TPSA) is 406 Å². The van der Waals surface area contributed by atoms with Crippen LogP contribution in [0.2, 0.25) is 0 Å². The van der Waals surface area contributed by atoms with Crippen LogP contribution in [0, 0.1) is 0 Å². The van der Waals surface area contributed by atoms with Crippen LogP contribution in [0.15, 0.2) is 41.3 Å². The molecule has 0 unspecified atom stereocenters. The smallest absolute Gasteiger partial charge is 0.423 e. The van der Waals surface area contributed by atoms with Gasteiger partial charge in [0.05, 0.1) is 18.8 Å². The first kappa shape index (κ1) is 68.2. The Labute approximate surface area is 386 Å². The third-order valence-electron chi connectivity index (χ3n) is 3.79. The fourth-order valence-corrected chi connectivity index (χ4v) is 5.09. The third kappa shape index (κ3) is 64.8. The number of alkyl halides is 1. The minimum atomic E-state index is -4.05. The molecule has 2 aromatic heterocycles. The van der Waals surface area contributed by atoms with Crippen molar-refractivity contribution in [1.82, 2.24) is 29.0 Å². The summed E-state index contributed by atoms with van der Waals surface area (Å²) in [6, 6.07) is 3.30. The number of carboxylic acid groups (broad SMARTS) is 1. The number of ether oxygens (including phenoxy) is 2. The molecule has 1 aliphatic rings. The average Bonchev–Trinajstić information content (AvgIpc) is 3.49. The van der Waals surface area contributed by atoms with Gasteiger partial charge in [-0.25, -0.2) is 60.2 Å². The Bertz CT molecular complexity index is 2140. The molecule has 3 rings (SSSR count). The Morgan fingerprint density at radius 3 is 1.54 bits per heavy atom. The summed E-state index contributed by atoms with van der Waals surface area (Å²) < 4.78 is 96.7. The fraction of sp³-hybridized carbons (Fsp3) is 0.552. The molecule has 26 nitrogen and oxygen atoms in total. The summed E-state index contributed by atoms with van der Waals surface area (Å²) in [6.45, 7) is 12.7. The number of halogens is 4. The first-order chi connectivity index (χ1) is 28.2. The molecule has 1 fully saturated rings. The number of hydrogen-bond donors (Lipinski definition) is 5. The van der Waals surface area contributed by atoms with Crippen LogP contribution in [0.5, 0.6) is 0 Å². The number of anilines is 1. The van der Waals surface area contributed by atoms with Crippen LogP contribution in [-0.4, -0.2) is 145 Å². The lowest BCUT2D eigenvalue weighted by Crippen LogP contribution is -2.34. The Morgan fingerprint density at radius 2 is 1.33 bits per heavy atom. The number of rotatable bonds is 8. The maximum Gasteiger partial charge on any atom is 0.423 e. The molecule has 0 bridgehead atoms. The summed E-state index contributed by atoms with van der Waals surface area (Å²) in [5.74, 6) is -1.78. The van der Waals surface area contributed by atoms with Gasteiger partial charge in [-0.2, -0.15) is 16.8 Å². The van der Waals surface area contributed by atoms with Gasteiger partial charge in [-0.1, -0.05) is 20.3 Å². The molecule has 63 heavy (non-hydrogen) atoms. The van der Waals surface area contributed by atoms with E-state index >= 15 is 0 Å². The highest BCUT2D eigenvalue weighted by atomic mass is 79.9. The molecule has 34 heteroatoms. The van der Waals surface area contributed by atoms with Gasteiger partial charge in [-0.15, -0.1) is 0 Å². The normalized spacial score (nSPS) is 11.8. The van der Waals surface area contributed by atoms with Gasteiger partial charge in [-0.3, -0.25) is 9.59 Å². The number of aliphatic hydroxyl groups excluding tert-OH is 1. The molecule has 0 atom stereocenters. The van der Waals surface area contributed by atoms with Gasteiger partial charge in [0.1, 0.15) is 35.3 Å². The van der Waals surface area contributed by atoms with E-state index in [2.05, 4.69) is 71.1 Å². The van der Waals surface area contributed by atoms with Crippen molar-refractivity contribution in [2.45, 2.75) is 72.3 Å². The van der Waals surface area contributed by atoms with E-state index in [0.29, 0.717) is 15.6 Å². The predicted molar refractivity (Wildman–Crippen MR) is 233 cm³/mol. The second-order valence-electron chi connectivity index (χ2n) is 12.3. The van der Waals surface area contributed by atoms with Crippen LogP contribution < -0.4 is 10.5 Å². The van der Waals surface area contributed by atoms with Gasteiger partial charge in [0.15, 0.2) is 0 Å². The zero-order valence-electron chi connectivity index (χ0n) is 34.6. The number of Topliss-reactive ketones (excluding diaryl/α,β-unsaturated/α-hetero) is 1. The van der Waals surface area contributed by atoms with Crippen LogP contribution >= 0.6 is 48.0 Å². The Kier molecular flexibility index (Phi) is 37.3. The molecule has 1 saturated heterocycles. The van der Waals surface area contributed by atoms with E-state index in [4.69, 9.17) is 41.3 Å². The van der Waals surface area contributed by atoms with Crippen LogP contribution in [0.1, 0.15) is 61.2 Å². The predicted octanol–water partition coefficient (Wildman–Crippen LogP) is 2.00. The first-order valence-electron chi connectivity index (χ1n) is 16.2. The minimum absolute atomic E-state index is 0.0496. The second kappa shape index (κ2) is 34.5.